The molecule has 0 unspecified atom stereocenters. The van der Waals surface area contributed by atoms with Crippen molar-refractivity contribution in [2.24, 2.45) is 0 Å². The van der Waals surface area contributed by atoms with Crippen LogP contribution in [0.3, 0.4) is 0 Å². The molecular formula is C14H15Cl2NO2. The van der Waals surface area contributed by atoms with Gasteiger partial charge >= 0.3 is 0 Å². The highest BCUT2D eigenvalue weighted by atomic mass is 35.5. The van der Waals surface area contributed by atoms with Gasteiger partial charge in [0.15, 0.2) is 5.22 Å². The second kappa shape index (κ2) is 6.73. The number of anilines is 1. The van der Waals surface area contributed by atoms with E-state index in [1.54, 1.807) is 6.07 Å². The number of ether oxygens (including phenoxy) is 1. The van der Waals surface area contributed by atoms with Crippen LogP contribution in [0.1, 0.15) is 19.1 Å². The van der Waals surface area contributed by atoms with Gasteiger partial charge < -0.3 is 14.5 Å². The molecule has 0 aliphatic rings. The monoisotopic (exact) mass is 299 g/mol. The molecule has 1 aromatic carbocycles. The summed E-state index contributed by atoms with van der Waals surface area (Å²) in [6.45, 7) is 3.26. The van der Waals surface area contributed by atoms with E-state index in [0.29, 0.717) is 23.4 Å². The third kappa shape index (κ3) is 4.08. The van der Waals surface area contributed by atoms with Crippen molar-refractivity contribution in [3.05, 3.63) is 46.3 Å². The van der Waals surface area contributed by atoms with Crippen LogP contribution in [0.5, 0.6) is 5.75 Å². The molecule has 0 spiro atoms. The van der Waals surface area contributed by atoms with E-state index in [-0.39, 0.29) is 0 Å². The molecule has 102 valence electrons. The summed E-state index contributed by atoms with van der Waals surface area (Å²) in [7, 11) is 0. The predicted octanol–water partition coefficient (Wildman–Crippen LogP) is 4.99. The molecule has 3 nitrogen and oxygen atoms in total. The fourth-order valence-corrected chi connectivity index (χ4v) is 1.94. The van der Waals surface area contributed by atoms with Crippen LogP contribution in [0.4, 0.5) is 5.69 Å². The smallest absolute Gasteiger partial charge is 0.193 e. The number of nitrogens with one attached hydrogen (secondary N) is 1. The number of hydrogen-bond acceptors (Lipinski definition) is 3. The fourth-order valence-electron chi connectivity index (χ4n) is 1.61. The van der Waals surface area contributed by atoms with E-state index >= 15 is 0 Å². The van der Waals surface area contributed by atoms with E-state index in [0.717, 1.165) is 23.6 Å². The summed E-state index contributed by atoms with van der Waals surface area (Å²) in [6, 6.07) is 9.03. The normalized spacial score (nSPS) is 10.5. The van der Waals surface area contributed by atoms with E-state index in [4.69, 9.17) is 32.4 Å². The van der Waals surface area contributed by atoms with Gasteiger partial charge in [-0.25, -0.2) is 0 Å². The molecule has 19 heavy (non-hydrogen) atoms. The van der Waals surface area contributed by atoms with Gasteiger partial charge in [-0.05, 0) is 48.4 Å². The summed E-state index contributed by atoms with van der Waals surface area (Å²) in [5, 5.41) is 4.27. The van der Waals surface area contributed by atoms with Crippen LogP contribution in [0.2, 0.25) is 10.2 Å². The van der Waals surface area contributed by atoms with Gasteiger partial charge in [-0.15, -0.1) is 0 Å². The lowest BCUT2D eigenvalue weighted by atomic mass is 10.3. The molecule has 0 fully saturated rings. The maximum Gasteiger partial charge on any atom is 0.193 e. The van der Waals surface area contributed by atoms with Gasteiger partial charge in [0.2, 0.25) is 0 Å². The van der Waals surface area contributed by atoms with E-state index in [9.17, 15) is 0 Å². The first-order valence-corrected chi connectivity index (χ1v) is 6.85. The number of rotatable bonds is 6. The van der Waals surface area contributed by atoms with E-state index in [2.05, 4.69) is 12.2 Å². The highest BCUT2D eigenvalue weighted by Crippen LogP contribution is 2.29. The first kappa shape index (κ1) is 14.1. The number of benzene rings is 1. The van der Waals surface area contributed by atoms with Gasteiger partial charge in [0.1, 0.15) is 11.5 Å². The highest BCUT2D eigenvalue weighted by Gasteiger charge is 2.06. The number of halogens is 2. The van der Waals surface area contributed by atoms with Crippen molar-refractivity contribution < 1.29 is 9.15 Å². The second-order valence-electron chi connectivity index (χ2n) is 4.05. The molecule has 0 amide bonds. The summed E-state index contributed by atoms with van der Waals surface area (Å²) < 4.78 is 10.9. The van der Waals surface area contributed by atoms with Gasteiger partial charge in [0.25, 0.3) is 0 Å². The van der Waals surface area contributed by atoms with Crippen molar-refractivity contribution in [1.82, 2.24) is 0 Å². The Morgan fingerprint density at radius 2 is 2.05 bits per heavy atom. The molecule has 0 saturated carbocycles. The average Bonchev–Trinajstić information content (AvgIpc) is 2.81. The molecule has 0 atom stereocenters. The molecule has 2 aromatic rings. The average molecular weight is 300 g/mol. The largest absolute Gasteiger partial charge is 0.491 e. The Labute approximate surface area is 122 Å². The van der Waals surface area contributed by atoms with E-state index in [1.807, 2.05) is 24.3 Å². The van der Waals surface area contributed by atoms with Crippen LogP contribution >= 0.6 is 23.2 Å². The third-order valence-electron chi connectivity index (χ3n) is 2.49. The van der Waals surface area contributed by atoms with Crippen LogP contribution in [-0.2, 0) is 6.54 Å². The van der Waals surface area contributed by atoms with Gasteiger partial charge in [-0.2, -0.15) is 0 Å². The molecule has 0 saturated heterocycles. The van der Waals surface area contributed by atoms with Crippen molar-refractivity contribution in [3.8, 4) is 5.75 Å². The Kier molecular flexibility index (Phi) is 5.00. The number of hydrogen-bond donors (Lipinski definition) is 1. The Bertz CT molecular complexity index is 540. The van der Waals surface area contributed by atoms with Crippen molar-refractivity contribution in [1.29, 1.82) is 0 Å². The fraction of sp³-hybridized carbons (Fsp3) is 0.286. The van der Waals surface area contributed by atoms with Crippen molar-refractivity contribution >= 4 is 28.9 Å². The SMILES string of the molecule is CCCOc1ccc(Cl)cc1NCc1ccc(Cl)o1. The third-order valence-corrected chi connectivity index (χ3v) is 2.92. The lowest BCUT2D eigenvalue weighted by molar-refractivity contribution is 0.318. The minimum absolute atomic E-state index is 0.380. The lowest BCUT2D eigenvalue weighted by Gasteiger charge is -2.12. The Morgan fingerprint density at radius 1 is 1.21 bits per heavy atom. The molecule has 0 bridgehead atoms. The summed E-state index contributed by atoms with van der Waals surface area (Å²) in [5.74, 6) is 1.54. The molecule has 1 aromatic heterocycles. The van der Waals surface area contributed by atoms with Crippen LogP contribution in [0.25, 0.3) is 0 Å². The zero-order valence-electron chi connectivity index (χ0n) is 10.6. The minimum atomic E-state index is 0.380. The molecule has 1 heterocycles. The first-order chi connectivity index (χ1) is 9.19. The summed E-state index contributed by atoms with van der Waals surface area (Å²) in [5.41, 5.74) is 0.841. The van der Waals surface area contributed by atoms with Crippen LogP contribution in [0.15, 0.2) is 34.7 Å². The Balaban J connectivity index is 2.06. The minimum Gasteiger partial charge on any atom is -0.491 e. The van der Waals surface area contributed by atoms with Crippen LogP contribution in [0, 0.1) is 0 Å². The molecular weight excluding hydrogens is 285 g/mol. The topological polar surface area (TPSA) is 34.4 Å². The maximum absolute atomic E-state index is 6.00. The first-order valence-electron chi connectivity index (χ1n) is 6.09. The molecule has 0 aliphatic heterocycles. The molecule has 5 heteroatoms. The van der Waals surface area contributed by atoms with Crippen molar-refractivity contribution in [3.63, 3.8) is 0 Å². The van der Waals surface area contributed by atoms with Gasteiger partial charge in [0.05, 0.1) is 18.8 Å². The molecule has 0 radical (unpaired) electrons. The lowest BCUT2D eigenvalue weighted by Crippen LogP contribution is -2.03. The van der Waals surface area contributed by atoms with E-state index in [1.165, 1.54) is 0 Å². The Morgan fingerprint density at radius 3 is 2.74 bits per heavy atom. The number of furan rings is 1. The van der Waals surface area contributed by atoms with Gasteiger partial charge in [-0.1, -0.05) is 18.5 Å². The molecule has 1 N–H and O–H groups in total. The second-order valence-corrected chi connectivity index (χ2v) is 4.86. The van der Waals surface area contributed by atoms with Gasteiger partial charge in [-0.3, -0.25) is 0 Å². The molecule has 2 rings (SSSR count). The quantitative estimate of drug-likeness (QED) is 0.816. The standard InChI is InChI=1S/C14H15Cl2NO2/c1-2-7-18-13-5-3-10(15)8-12(13)17-9-11-4-6-14(16)19-11/h3-6,8,17H,2,7,9H2,1H3. The van der Waals surface area contributed by atoms with Crippen LogP contribution in [-0.4, -0.2) is 6.61 Å². The van der Waals surface area contributed by atoms with Crippen LogP contribution < -0.4 is 10.1 Å². The summed E-state index contributed by atoms with van der Waals surface area (Å²) in [4.78, 5) is 0. The zero-order valence-corrected chi connectivity index (χ0v) is 12.1. The highest BCUT2D eigenvalue weighted by molar-refractivity contribution is 6.31. The summed E-state index contributed by atoms with van der Waals surface area (Å²) in [6.07, 6.45) is 0.954. The van der Waals surface area contributed by atoms with Crippen molar-refractivity contribution in [2.75, 3.05) is 11.9 Å². The predicted molar refractivity (Wildman–Crippen MR) is 78.3 cm³/mol. The maximum atomic E-state index is 6.00. The van der Waals surface area contributed by atoms with Crippen molar-refractivity contribution in [2.45, 2.75) is 19.9 Å². The summed E-state index contributed by atoms with van der Waals surface area (Å²) >= 11 is 11.7. The Hall–Kier alpha value is -1.32. The van der Waals surface area contributed by atoms with E-state index < -0.39 is 0 Å². The molecule has 0 aliphatic carbocycles. The zero-order chi connectivity index (χ0) is 13.7. The van der Waals surface area contributed by atoms with Gasteiger partial charge in [0, 0.05) is 5.02 Å².